The van der Waals surface area contributed by atoms with Gasteiger partial charge in [-0.2, -0.15) is 0 Å². The van der Waals surface area contributed by atoms with E-state index >= 15 is 0 Å². The Morgan fingerprint density at radius 3 is 2.71 bits per heavy atom. The highest BCUT2D eigenvalue weighted by molar-refractivity contribution is 6.30. The lowest BCUT2D eigenvalue weighted by atomic mass is 9.87. The van der Waals surface area contributed by atoms with Crippen molar-refractivity contribution in [3.05, 3.63) is 88.8 Å². The molecule has 7 heteroatoms. The summed E-state index contributed by atoms with van der Waals surface area (Å²) in [6.07, 6.45) is 1.52. The maximum Gasteiger partial charge on any atom is 0.268 e. The zero-order valence-corrected chi connectivity index (χ0v) is 15.5. The molecule has 0 saturated carbocycles. The summed E-state index contributed by atoms with van der Waals surface area (Å²) in [7, 11) is 0. The standard InChI is InChI=1S/C21H17ClN2O4/c22-15-6-3-5-14(11-15)21(27)17-8-1-2-9-18(17)24(20(21)26)13-19(25)23-12-16-7-4-10-28-16/h1-11,27H,12-13H2,(H,23,25). The molecule has 0 fully saturated rings. The molecule has 1 unspecified atom stereocenters. The van der Waals surface area contributed by atoms with Gasteiger partial charge in [0.25, 0.3) is 5.91 Å². The normalized spacial score (nSPS) is 18.2. The van der Waals surface area contributed by atoms with E-state index in [1.807, 2.05) is 0 Å². The number of anilines is 1. The molecule has 0 saturated heterocycles. The molecule has 2 heterocycles. The average molecular weight is 397 g/mol. The Balaban J connectivity index is 1.62. The first kappa shape index (κ1) is 18.3. The van der Waals surface area contributed by atoms with Crippen molar-refractivity contribution in [2.45, 2.75) is 12.1 Å². The summed E-state index contributed by atoms with van der Waals surface area (Å²) in [4.78, 5) is 26.9. The summed E-state index contributed by atoms with van der Waals surface area (Å²) in [5, 5.41) is 14.5. The fraction of sp³-hybridized carbons (Fsp3) is 0.143. The predicted octanol–water partition coefficient (Wildman–Crippen LogP) is 2.83. The first-order chi connectivity index (χ1) is 13.5. The number of amides is 2. The molecule has 0 spiro atoms. The summed E-state index contributed by atoms with van der Waals surface area (Å²) in [5.74, 6) is -0.351. The number of rotatable bonds is 5. The van der Waals surface area contributed by atoms with E-state index in [9.17, 15) is 14.7 Å². The van der Waals surface area contributed by atoms with E-state index < -0.39 is 11.5 Å². The van der Waals surface area contributed by atoms with Crippen LogP contribution in [0, 0.1) is 0 Å². The Kier molecular flexibility index (Phi) is 4.66. The highest BCUT2D eigenvalue weighted by Gasteiger charge is 2.51. The number of fused-ring (bicyclic) bond motifs is 1. The van der Waals surface area contributed by atoms with Crippen LogP contribution in [0.2, 0.25) is 5.02 Å². The number of nitrogens with zero attached hydrogens (tertiary/aromatic N) is 1. The van der Waals surface area contributed by atoms with Crippen LogP contribution >= 0.6 is 11.6 Å². The summed E-state index contributed by atoms with van der Waals surface area (Å²) in [5.41, 5.74) is -0.636. The van der Waals surface area contributed by atoms with Gasteiger partial charge in [0.15, 0.2) is 5.60 Å². The van der Waals surface area contributed by atoms with Gasteiger partial charge in [-0.15, -0.1) is 0 Å². The van der Waals surface area contributed by atoms with Gasteiger partial charge < -0.3 is 14.8 Å². The molecule has 6 nitrogen and oxygen atoms in total. The Bertz CT molecular complexity index is 1030. The van der Waals surface area contributed by atoms with Crippen LogP contribution in [0.1, 0.15) is 16.9 Å². The highest BCUT2D eigenvalue weighted by Crippen LogP contribution is 2.44. The molecule has 1 aliphatic rings. The maximum atomic E-state index is 13.2. The van der Waals surface area contributed by atoms with Crippen LogP contribution in [-0.4, -0.2) is 23.5 Å². The van der Waals surface area contributed by atoms with Gasteiger partial charge in [-0.25, -0.2) is 0 Å². The predicted molar refractivity (Wildman–Crippen MR) is 104 cm³/mol. The smallest absolute Gasteiger partial charge is 0.268 e. The van der Waals surface area contributed by atoms with E-state index in [0.29, 0.717) is 27.6 Å². The third-order valence-corrected chi connectivity index (χ3v) is 4.96. The van der Waals surface area contributed by atoms with Crippen molar-refractivity contribution in [1.29, 1.82) is 0 Å². The van der Waals surface area contributed by atoms with Crippen LogP contribution in [0.3, 0.4) is 0 Å². The number of aliphatic hydroxyl groups is 1. The summed E-state index contributed by atoms with van der Waals surface area (Å²) in [6.45, 7) is -0.00645. The Morgan fingerprint density at radius 2 is 1.96 bits per heavy atom. The zero-order chi connectivity index (χ0) is 19.7. The molecule has 142 valence electrons. The number of furan rings is 1. The van der Waals surface area contributed by atoms with Crippen molar-refractivity contribution >= 4 is 29.1 Å². The zero-order valence-electron chi connectivity index (χ0n) is 14.8. The molecule has 0 bridgehead atoms. The Hall–Kier alpha value is -3.09. The van der Waals surface area contributed by atoms with Crippen LogP contribution in [0.25, 0.3) is 0 Å². The molecular formula is C21H17ClN2O4. The number of benzene rings is 2. The van der Waals surface area contributed by atoms with Gasteiger partial charge in [0.2, 0.25) is 5.91 Å². The fourth-order valence-electron chi connectivity index (χ4n) is 3.38. The highest BCUT2D eigenvalue weighted by atomic mass is 35.5. The number of para-hydroxylation sites is 1. The average Bonchev–Trinajstić information content (AvgIpc) is 3.29. The third kappa shape index (κ3) is 3.06. The minimum atomic E-state index is -1.90. The molecule has 2 aromatic carbocycles. The van der Waals surface area contributed by atoms with E-state index in [1.54, 1.807) is 60.7 Å². The minimum absolute atomic E-state index is 0.216. The van der Waals surface area contributed by atoms with Crippen LogP contribution in [0.4, 0.5) is 5.69 Å². The maximum absolute atomic E-state index is 13.2. The molecule has 1 atom stereocenters. The van der Waals surface area contributed by atoms with Gasteiger partial charge in [-0.05, 0) is 35.9 Å². The van der Waals surface area contributed by atoms with E-state index in [0.717, 1.165) is 0 Å². The van der Waals surface area contributed by atoms with Gasteiger partial charge in [0, 0.05) is 10.6 Å². The van der Waals surface area contributed by atoms with Gasteiger partial charge in [0.1, 0.15) is 12.3 Å². The number of halogens is 1. The molecular weight excluding hydrogens is 380 g/mol. The number of carbonyl (C=O) groups is 2. The summed E-state index contributed by atoms with van der Waals surface area (Å²) >= 11 is 6.06. The molecule has 28 heavy (non-hydrogen) atoms. The van der Waals surface area contributed by atoms with E-state index in [2.05, 4.69) is 5.32 Å². The van der Waals surface area contributed by atoms with Gasteiger partial charge >= 0.3 is 0 Å². The van der Waals surface area contributed by atoms with Crippen LogP contribution < -0.4 is 10.2 Å². The van der Waals surface area contributed by atoms with Gasteiger partial charge in [-0.3, -0.25) is 14.5 Å². The second-order valence-corrected chi connectivity index (χ2v) is 6.92. The van der Waals surface area contributed by atoms with Gasteiger partial charge in [0.05, 0.1) is 18.5 Å². The van der Waals surface area contributed by atoms with E-state index in [4.69, 9.17) is 16.0 Å². The third-order valence-electron chi connectivity index (χ3n) is 4.72. The molecule has 2 N–H and O–H groups in total. The second kappa shape index (κ2) is 7.14. The minimum Gasteiger partial charge on any atom is -0.467 e. The molecule has 2 amide bonds. The van der Waals surface area contributed by atoms with E-state index in [1.165, 1.54) is 11.2 Å². The molecule has 3 aromatic rings. The SMILES string of the molecule is O=C(CN1C(=O)C(O)(c2cccc(Cl)c2)c2ccccc21)NCc1ccco1. The van der Waals surface area contributed by atoms with E-state index in [-0.39, 0.29) is 19.0 Å². The molecule has 0 aliphatic carbocycles. The first-order valence-electron chi connectivity index (χ1n) is 8.69. The lowest BCUT2D eigenvalue weighted by molar-refractivity contribution is -0.133. The largest absolute Gasteiger partial charge is 0.467 e. The number of hydrogen-bond acceptors (Lipinski definition) is 4. The lowest BCUT2D eigenvalue weighted by Gasteiger charge is -2.23. The summed E-state index contributed by atoms with van der Waals surface area (Å²) < 4.78 is 5.19. The molecule has 1 aromatic heterocycles. The number of nitrogens with one attached hydrogen (secondary N) is 1. The van der Waals surface area contributed by atoms with Crippen molar-refractivity contribution in [3.63, 3.8) is 0 Å². The molecule has 1 aliphatic heterocycles. The monoisotopic (exact) mass is 396 g/mol. The summed E-state index contributed by atoms with van der Waals surface area (Å²) in [6, 6.07) is 16.9. The van der Waals surface area contributed by atoms with Gasteiger partial charge in [-0.1, -0.05) is 41.9 Å². The fourth-order valence-corrected chi connectivity index (χ4v) is 3.57. The van der Waals surface area contributed by atoms with Crippen LogP contribution in [0.15, 0.2) is 71.3 Å². The molecule has 0 radical (unpaired) electrons. The van der Waals surface area contributed by atoms with Crippen molar-refractivity contribution in [3.8, 4) is 0 Å². The van der Waals surface area contributed by atoms with Crippen molar-refractivity contribution in [1.82, 2.24) is 5.32 Å². The molecule has 4 rings (SSSR count). The van der Waals surface area contributed by atoms with Crippen molar-refractivity contribution in [2.75, 3.05) is 11.4 Å². The van der Waals surface area contributed by atoms with Crippen LogP contribution in [0.5, 0.6) is 0 Å². The van der Waals surface area contributed by atoms with Crippen molar-refractivity contribution < 1.29 is 19.1 Å². The topological polar surface area (TPSA) is 82.8 Å². The first-order valence-corrected chi connectivity index (χ1v) is 9.07. The Morgan fingerprint density at radius 1 is 1.14 bits per heavy atom. The van der Waals surface area contributed by atoms with Crippen molar-refractivity contribution in [2.24, 2.45) is 0 Å². The lowest BCUT2D eigenvalue weighted by Crippen LogP contribution is -2.45. The number of carbonyl (C=O) groups excluding carboxylic acids is 2. The number of hydrogen-bond donors (Lipinski definition) is 2. The second-order valence-electron chi connectivity index (χ2n) is 6.49. The quantitative estimate of drug-likeness (QED) is 0.694. The van der Waals surface area contributed by atoms with Crippen LogP contribution in [-0.2, 0) is 21.7 Å². The Labute approximate surface area is 166 Å².